The van der Waals surface area contributed by atoms with Crippen LogP contribution in [0.4, 0.5) is 5.95 Å². The summed E-state index contributed by atoms with van der Waals surface area (Å²) in [6.07, 6.45) is -0.266. The highest BCUT2D eigenvalue weighted by atomic mass is 16.5. The Kier molecular flexibility index (Phi) is 4.79. The van der Waals surface area contributed by atoms with Gasteiger partial charge in [-0.25, -0.2) is 4.79 Å². The maximum absolute atomic E-state index is 12.7. The number of hydrogen-bond acceptors (Lipinski definition) is 8. The van der Waals surface area contributed by atoms with Crippen LogP contribution in [0.3, 0.4) is 0 Å². The van der Waals surface area contributed by atoms with Gasteiger partial charge in [0.25, 0.3) is 0 Å². The van der Waals surface area contributed by atoms with E-state index in [4.69, 9.17) is 9.47 Å². The molecule has 0 saturated carbocycles. The number of ether oxygens (including phenoxy) is 2. The van der Waals surface area contributed by atoms with Gasteiger partial charge in [0.15, 0.2) is 11.5 Å². The lowest BCUT2D eigenvalue weighted by atomic mass is 9.95. The number of hydrogen-bond donors (Lipinski definition) is 2. The third-order valence-electron chi connectivity index (χ3n) is 3.92. The van der Waals surface area contributed by atoms with Crippen LogP contribution in [0.5, 0.6) is 11.5 Å². The average Bonchev–Trinajstić information content (AvgIpc) is 3.05. The Morgan fingerprint density at radius 3 is 2.88 bits per heavy atom. The van der Waals surface area contributed by atoms with Crippen LogP contribution in [0.2, 0.25) is 0 Å². The number of allylic oxidation sites excluding steroid dienone is 1. The Hall–Kier alpha value is -3.10. The van der Waals surface area contributed by atoms with Crippen molar-refractivity contribution in [2.24, 2.45) is 0 Å². The molecule has 1 aromatic carbocycles. The van der Waals surface area contributed by atoms with Crippen molar-refractivity contribution in [1.82, 2.24) is 20.2 Å². The number of phenols is 1. The van der Waals surface area contributed by atoms with Crippen molar-refractivity contribution in [1.29, 1.82) is 0 Å². The lowest BCUT2D eigenvalue weighted by Gasteiger charge is -2.28. The Morgan fingerprint density at radius 1 is 1.42 bits per heavy atom. The summed E-state index contributed by atoms with van der Waals surface area (Å²) in [6.45, 7) is 7.57. The van der Waals surface area contributed by atoms with E-state index in [2.05, 4.69) is 20.8 Å². The fourth-order valence-electron chi connectivity index (χ4n) is 2.80. The molecule has 2 N–H and O–H groups in total. The van der Waals surface area contributed by atoms with E-state index < -0.39 is 12.0 Å². The number of carbonyl (C=O) groups excluding carboxylic acids is 1. The fraction of sp³-hybridized carbons (Fsp3) is 0.412. The summed E-state index contributed by atoms with van der Waals surface area (Å²) >= 11 is 0. The number of aromatic nitrogens is 4. The molecule has 0 saturated heterocycles. The number of aromatic hydroxyl groups is 1. The summed E-state index contributed by atoms with van der Waals surface area (Å²) < 4.78 is 12.3. The molecule has 1 unspecified atom stereocenters. The van der Waals surface area contributed by atoms with Gasteiger partial charge < -0.3 is 19.9 Å². The maximum Gasteiger partial charge on any atom is 0.338 e. The number of rotatable bonds is 5. The molecule has 0 aliphatic carbocycles. The van der Waals surface area contributed by atoms with Crippen molar-refractivity contribution in [2.75, 3.05) is 11.9 Å². The number of anilines is 1. The Bertz CT molecular complexity index is 859. The molecule has 2 heterocycles. The molecule has 1 atom stereocenters. The third-order valence-corrected chi connectivity index (χ3v) is 3.92. The van der Waals surface area contributed by atoms with Crippen molar-refractivity contribution in [2.45, 2.75) is 39.8 Å². The first kappa shape index (κ1) is 17.7. The molecule has 3 rings (SSSR count). The number of tetrazole rings is 1. The number of benzene rings is 1. The lowest BCUT2D eigenvalue weighted by Crippen LogP contribution is -2.29. The van der Waals surface area contributed by atoms with Crippen molar-refractivity contribution in [3.05, 3.63) is 29.3 Å². The predicted octanol–water partition coefficient (Wildman–Crippen LogP) is 2.13. The number of phenolic OH excluding ortho intramolecular Hbond substituents is 1. The predicted molar refractivity (Wildman–Crippen MR) is 93.6 cm³/mol. The Balaban J connectivity index is 2.08. The summed E-state index contributed by atoms with van der Waals surface area (Å²) in [5.74, 6) is 0.330. The van der Waals surface area contributed by atoms with Gasteiger partial charge in [-0.15, -0.1) is 0 Å². The van der Waals surface area contributed by atoms with Gasteiger partial charge in [-0.05, 0) is 55.8 Å². The smallest absolute Gasteiger partial charge is 0.338 e. The highest BCUT2D eigenvalue weighted by molar-refractivity contribution is 5.97. The molecule has 0 amide bonds. The van der Waals surface area contributed by atoms with Crippen LogP contribution in [0.15, 0.2) is 23.8 Å². The molecule has 2 aromatic rings. The maximum atomic E-state index is 12.7. The molecule has 9 nitrogen and oxygen atoms in total. The van der Waals surface area contributed by atoms with Gasteiger partial charge in [-0.3, -0.25) is 0 Å². The van der Waals surface area contributed by atoms with E-state index in [-0.39, 0.29) is 11.9 Å². The minimum atomic E-state index is -0.542. The monoisotopic (exact) mass is 359 g/mol. The third kappa shape index (κ3) is 3.19. The molecule has 138 valence electrons. The van der Waals surface area contributed by atoms with E-state index in [1.165, 1.54) is 10.7 Å². The summed E-state index contributed by atoms with van der Waals surface area (Å²) in [5, 5.41) is 24.6. The Labute approximate surface area is 150 Å². The highest BCUT2D eigenvalue weighted by Crippen LogP contribution is 2.38. The number of fused-ring (bicyclic) bond motifs is 1. The minimum Gasteiger partial charge on any atom is -0.504 e. The van der Waals surface area contributed by atoms with Crippen LogP contribution < -0.4 is 10.1 Å². The van der Waals surface area contributed by atoms with Gasteiger partial charge in [-0.1, -0.05) is 11.2 Å². The van der Waals surface area contributed by atoms with E-state index in [0.717, 1.165) is 5.56 Å². The molecule has 26 heavy (non-hydrogen) atoms. The summed E-state index contributed by atoms with van der Waals surface area (Å²) in [4.78, 5) is 12.7. The number of nitrogens with zero attached hydrogens (tertiary/aromatic N) is 4. The zero-order valence-corrected chi connectivity index (χ0v) is 15.1. The molecule has 0 fully saturated rings. The molecule has 1 aromatic heterocycles. The zero-order valence-electron chi connectivity index (χ0n) is 15.1. The van der Waals surface area contributed by atoms with Crippen LogP contribution in [-0.2, 0) is 9.53 Å². The summed E-state index contributed by atoms with van der Waals surface area (Å²) in [5.41, 5.74) is 1.69. The lowest BCUT2D eigenvalue weighted by molar-refractivity contribution is -0.142. The molecular weight excluding hydrogens is 338 g/mol. The minimum absolute atomic E-state index is 0.0308. The average molecular weight is 359 g/mol. The van der Waals surface area contributed by atoms with E-state index in [1.807, 2.05) is 6.92 Å². The molecule has 0 radical (unpaired) electrons. The number of esters is 1. The first-order valence-corrected chi connectivity index (χ1v) is 8.35. The van der Waals surface area contributed by atoms with Crippen molar-refractivity contribution < 1.29 is 19.4 Å². The molecule has 1 aliphatic rings. The molecule has 0 spiro atoms. The second kappa shape index (κ2) is 7.03. The van der Waals surface area contributed by atoms with Crippen molar-refractivity contribution >= 4 is 17.6 Å². The summed E-state index contributed by atoms with van der Waals surface area (Å²) in [7, 11) is 0. The standard InChI is InChI=1S/C17H21N5O4/c1-5-25-13-8-11(6-7-12(13)23)15-14(16(24)26-9(2)3)10(4)22-17(18-15)19-20-21-22/h6-9,15,23H,5H2,1-4H3,(H,18,19,21). The SMILES string of the molecule is CCOc1cc(C2Nc3nnnn3C(C)=C2C(=O)OC(C)C)ccc1O. The second-order valence-corrected chi connectivity index (χ2v) is 6.10. The normalized spacial score (nSPS) is 16.3. The van der Waals surface area contributed by atoms with Crippen LogP contribution in [0, 0.1) is 0 Å². The van der Waals surface area contributed by atoms with Gasteiger partial charge in [-0.2, -0.15) is 4.68 Å². The van der Waals surface area contributed by atoms with E-state index in [9.17, 15) is 9.90 Å². The molecule has 9 heteroatoms. The van der Waals surface area contributed by atoms with E-state index in [0.29, 0.717) is 29.6 Å². The first-order valence-electron chi connectivity index (χ1n) is 8.35. The fourth-order valence-corrected chi connectivity index (χ4v) is 2.80. The van der Waals surface area contributed by atoms with Gasteiger partial charge in [0.1, 0.15) is 0 Å². The molecule has 0 bridgehead atoms. The van der Waals surface area contributed by atoms with E-state index >= 15 is 0 Å². The Morgan fingerprint density at radius 2 is 2.19 bits per heavy atom. The largest absolute Gasteiger partial charge is 0.504 e. The van der Waals surface area contributed by atoms with E-state index in [1.54, 1.807) is 32.9 Å². The van der Waals surface area contributed by atoms with Crippen molar-refractivity contribution in [3.8, 4) is 11.5 Å². The van der Waals surface area contributed by atoms with Crippen LogP contribution >= 0.6 is 0 Å². The van der Waals surface area contributed by atoms with Crippen LogP contribution in [0.25, 0.3) is 5.70 Å². The van der Waals surface area contributed by atoms with Gasteiger partial charge in [0, 0.05) is 0 Å². The highest BCUT2D eigenvalue weighted by Gasteiger charge is 2.34. The van der Waals surface area contributed by atoms with Crippen LogP contribution in [-0.4, -0.2) is 44.0 Å². The number of nitrogens with one attached hydrogen (secondary N) is 1. The van der Waals surface area contributed by atoms with Gasteiger partial charge in [0.05, 0.1) is 30.0 Å². The van der Waals surface area contributed by atoms with Crippen LogP contribution in [0.1, 0.15) is 39.3 Å². The second-order valence-electron chi connectivity index (χ2n) is 6.10. The zero-order chi connectivity index (χ0) is 18.8. The quantitative estimate of drug-likeness (QED) is 0.781. The van der Waals surface area contributed by atoms with Gasteiger partial charge in [0.2, 0.25) is 5.95 Å². The van der Waals surface area contributed by atoms with Gasteiger partial charge >= 0.3 is 5.97 Å². The van der Waals surface area contributed by atoms with Crippen molar-refractivity contribution in [3.63, 3.8) is 0 Å². The first-order chi connectivity index (χ1) is 12.4. The summed E-state index contributed by atoms with van der Waals surface area (Å²) in [6, 6.07) is 4.39. The topological polar surface area (TPSA) is 111 Å². The number of carbonyl (C=O) groups is 1. The molecule has 1 aliphatic heterocycles. The molecular formula is C17H21N5O4.